The van der Waals surface area contributed by atoms with Gasteiger partial charge in [-0.2, -0.15) is 0 Å². The number of aliphatic hydroxyl groups is 1. The molecule has 3 saturated carbocycles. The summed E-state index contributed by atoms with van der Waals surface area (Å²) in [6, 6.07) is 0. The van der Waals surface area contributed by atoms with Gasteiger partial charge in [0.25, 0.3) is 0 Å². The van der Waals surface area contributed by atoms with Crippen molar-refractivity contribution < 1.29 is 9.84 Å². The normalized spacial score (nSPS) is 52.1. The quantitative estimate of drug-likeness (QED) is 0.414. The Labute approximate surface area is 185 Å². The molecule has 4 fully saturated rings. The molecule has 170 valence electrons. The Morgan fingerprint density at radius 1 is 0.967 bits per heavy atom. The molecular formula is C28H46O2. The summed E-state index contributed by atoms with van der Waals surface area (Å²) in [6.07, 6.45) is 13.6. The first-order valence-electron chi connectivity index (χ1n) is 13.2. The van der Waals surface area contributed by atoms with Crippen molar-refractivity contribution in [2.45, 2.75) is 111 Å². The van der Waals surface area contributed by atoms with Crippen molar-refractivity contribution in [2.75, 3.05) is 0 Å². The molecule has 5 aliphatic rings. The van der Waals surface area contributed by atoms with Crippen LogP contribution in [0.2, 0.25) is 0 Å². The number of fused-ring (bicyclic) bond motifs is 5. The number of allylic oxidation sites excluding steroid dienone is 1. The molecule has 11 unspecified atom stereocenters. The molecule has 11 atom stereocenters. The highest BCUT2D eigenvalue weighted by Crippen LogP contribution is 2.67. The summed E-state index contributed by atoms with van der Waals surface area (Å²) in [7, 11) is 0. The van der Waals surface area contributed by atoms with Crippen molar-refractivity contribution in [3.63, 3.8) is 0 Å². The van der Waals surface area contributed by atoms with E-state index in [-0.39, 0.29) is 6.10 Å². The average molecular weight is 415 g/mol. The fourth-order valence-corrected chi connectivity index (χ4v) is 9.14. The van der Waals surface area contributed by atoms with Gasteiger partial charge in [-0.25, -0.2) is 0 Å². The summed E-state index contributed by atoms with van der Waals surface area (Å²) in [5.74, 6) is 5.56. The zero-order valence-electron chi connectivity index (χ0n) is 20.4. The maximum absolute atomic E-state index is 10.2. The molecule has 1 N–H and O–H groups in total. The first-order valence-corrected chi connectivity index (χ1v) is 13.2. The SMILES string of the molecule is CC(C)C(C)C1OC1C(C)C1CCC2C3CC=C4CC(O)CCC4(C)C3CCC12C. The Hall–Kier alpha value is -0.340. The largest absolute Gasteiger partial charge is 0.393 e. The van der Waals surface area contributed by atoms with Gasteiger partial charge in [0.1, 0.15) is 0 Å². The summed E-state index contributed by atoms with van der Waals surface area (Å²) in [5.41, 5.74) is 2.48. The van der Waals surface area contributed by atoms with Crippen molar-refractivity contribution in [3.8, 4) is 0 Å². The van der Waals surface area contributed by atoms with E-state index in [9.17, 15) is 5.11 Å². The molecule has 0 aromatic carbocycles. The van der Waals surface area contributed by atoms with E-state index in [0.29, 0.717) is 40.8 Å². The van der Waals surface area contributed by atoms with Crippen LogP contribution in [-0.2, 0) is 4.74 Å². The molecule has 0 radical (unpaired) electrons. The maximum Gasteiger partial charge on any atom is 0.0873 e. The zero-order chi connectivity index (χ0) is 21.4. The first kappa shape index (κ1) is 21.5. The summed E-state index contributed by atoms with van der Waals surface area (Å²) in [4.78, 5) is 0. The van der Waals surface area contributed by atoms with Crippen LogP contribution in [0.25, 0.3) is 0 Å². The summed E-state index contributed by atoms with van der Waals surface area (Å²) in [6.45, 7) is 14.8. The average Bonchev–Trinajstić information content (AvgIpc) is 3.42. The van der Waals surface area contributed by atoms with Crippen LogP contribution in [-0.4, -0.2) is 23.4 Å². The van der Waals surface area contributed by atoms with E-state index >= 15 is 0 Å². The predicted octanol–water partition coefficient (Wildman–Crippen LogP) is 6.62. The molecule has 30 heavy (non-hydrogen) atoms. The number of epoxide rings is 1. The molecule has 2 nitrogen and oxygen atoms in total. The fraction of sp³-hybridized carbons (Fsp3) is 0.929. The third kappa shape index (κ3) is 3.10. The minimum atomic E-state index is -0.0915. The highest BCUT2D eigenvalue weighted by molar-refractivity contribution is 5.25. The Morgan fingerprint density at radius 3 is 2.47 bits per heavy atom. The highest BCUT2D eigenvalue weighted by atomic mass is 16.6. The third-order valence-electron chi connectivity index (χ3n) is 11.4. The van der Waals surface area contributed by atoms with Crippen LogP contribution in [0.5, 0.6) is 0 Å². The molecule has 0 spiro atoms. The zero-order valence-corrected chi connectivity index (χ0v) is 20.4. The van der Waals surface area contributed by atoms with Crippen LogP contribution in [0.4, 0.5) is 0 Å². The van der Waals surface area contributed by atoms with Gasteiger partial charge in [0.15, 0.2) is 0 Å². The van der Waals surface area contributed by atoms with Gasteiger partial charge in [-0.05, 0) is 104 Å². The monoisotopic (exact) mass is 414 g/mol. The van der Waals surface area contributed by atoms with Crippen LogP contribution < -0.4 is 0 Å². The molecule has 1 saturated heterocycles. The highest BCUT2D eigenvalue weighted by Gasteiger charge is 2.61. The lowest BCUT2D eigenvalue weighted by atomic mass is 9.47. The smallest absolute Gasteiger partial charge is 0.0873 e. The lowest BCUT2D eigenvalue weighted by Gasteiger charge is -2.58. The van der Waals surface area contributed by atoms with Gasteiger partial charge in [0.2, 0.25) is 0 Å². The summed E-state index contributed by atoms with van der Waals surface area (Å²) < 4.78 is 6.31. The Bertz CT molecular complexity index is 697. The molecule has 0 aromatic heterocycles. The minimum absolute atomic E-state index is 0.0915. The van der Waals surface area contributed by atoms with E-state index in [1.807, 2.05) is 0 Å². The van der Waals surface area contributed by atoms with Crippen LogP contribution in [0.15, 0.2) is 11.6 Å². The molecule has 1 heterocycles. The fourth-order valence-electron chi connectivity index (χ4n) is 9.14. The Balaban J connectivity index is 1.34. The second-order valence-corrected chi connectivity index (χ2v) is 12.9. The second-order valence-electron chi connectivity index (χ2n) is 12.9. The Kier molecular flexibility index (Phi) is 5.26. The van der Waals surface area contributed by atoms with Crippen LogP contribution >= 0.6 is 0 Å². The van der Waals surface area contributed by atoms with E-state index in [4.69, 9.17) is 4.74 Å². The molecule has 2 heteroatoms. The van der Waals surface area contributed by atoms with Crippen molar-refractivity contribution >= 4 is 0 Å². The summed E-state index contributed by atoms with van der Waals surface area (Å²) in [5, 5.41) is 10.2. The van der Waals surface area contributed by atoms with Crippen LogP contribution in [0.1, 0.15) is 92.9 Å². The van der Waals surface area contributed by atoms with Gasteiger partial charge in [0, 0.05) is 0 Å². The topological polar surface area (TPSA) is 32.8 Å². The number of rotatable bonds is 4. The predicted molar refractivity (Wildman–Crippen MR) is 123 cm³/mol. The molecule has 0 aromatic rings. The number of hydrogen-bond acceptors (Lipinski definition) is 2. The van der Waals surface area contributed by atoms with Gasteiger partial charge in [0.05, 0.1) is 18.3 Å². The minimum Gasteiger partial charge on any atom is -0.393 e. The standard InChI is InChI=1S/C28H46O2/c1-16(2)17(3)25-26(30-25)18(4)22-9-10-23-21-8-7-19-15-20(29)11-13-27(19,5)24(21)12-14-28(22,23)6/h7,16-18,20-26,29H,8-15H2,1-6H3. The van der Waals surface area contributed by atoms with E-state index in [1.165, 1.54) is 38.5 Å². The maximum atomic E-state index is 10.2. The number of ether oxygens (including phenoxy) is 1. The van der Waals surface area contributed by atoms with Crippen LogP contribution in [0.3, 0.4) is 0 Å². The molecule has 0 bridgehead atoms. The lowest BCUT2D eigenvalue weighted by Crippen LogP contribution is -2.51. The van der Waals surface area contributed by atoms with Crippen molar-refractivity contribution in [1.82, 2.24) is 0 Å². The van der Waals surface area contributed by atoms with Crippen LogP contribution in [0, 0.1) is 52.3 Å². The lowest BCUT2D eigenvalue weighted by molar-refractivity contribution is -0.0582. The van der Waals surface area contributed by atoms with E-state index in [0.717, 1.165) is 36.5 Å². The third-order valence-corrected chi connectivity index (χ3v) is 11.4. The second kappa shape index (κ2) is 7.34. The Morgan fingerprint density at radius 2 is 1.73 bits per heavy atom. The molecule has 0 amide bonds. The van der Waals surface area contributed by atoms with E-state index in [1.54, 1.807) is 5.57 Å². The van der Waals surface area contributed by atoms with Crippen molar-refractivity contribution in [1.29, 1.82) is 0 Å². The van der Waals surface area contributed by atoms with Gasteiger partial charge in [-0.1, -0.05) is 53.2 Å². The van der Waals surface area contributed by atoms with E-state index in [2.05, 4.69) is 47.6 Å². The van der Waals surface area contributed by atoms with Gasteiger partial charge < -0.3 is 9.84 Å². The van der Waals surface area contributed by atoms with Gasteiger partial charge >= 0.3 is 0 Å². The number of hydrogen-bond donors (Lipinski definition) is 1. The molecule has 1 aliphatic heterocycles. The molecule has 5 rings (SSSR count). The van der Waals surface area contributed by atoms with Gasteiger partial charge in [-0.3, -0.25) is 0 Å². The molecule has 4 aliphatic carbocycles. The van der Waals surface area contributed by atoms with Crippen molar-refractivity contribution in [3.05, 3.63) is 11.6 Å². The number of aliphatic hydroxyl groups excluding tert-OH is 1. The van der Waals surface area contributed by atoms with E-state index < -0.39 is 0 Å². The summed E-state index contributed by atoms with van der Waals surface area (Å²) >= 11 is 0. The van der Waals surface area contributed by atoms with Crippen molar-refractivity contribution in [2.24, 2.45) is 52.3 Å². The molecular weight excluding hydrogens is 368 g/mol. The van der Waals surface area contributed by atoms with Gasteiger partial charge in [-0.15, -0.1) is 0 Å². The first-order chi connectivity index (χ1) is 14.2.